The van der Waals surface area contributed by atoms with E-state index in [1.165, 1.54) is 0 Å². The Morgan fingerprint density at radius 1 is 1.65 bits per heavy atom. The maximum Gasteiger partial charge on any atom is 0.161 e. The van der Waals surface area contributed by atoms with Crippen molar-refractivity contribution in [2.75, 3.05) is 24.6 Å². The first-order chi connectivity index (χ1) is 8.20. The van der Waals surface area contributed by atoms with E-state index in [9.17, 15) is 0 Å². The molecule has 1 aliphatic rings. The van der Waals surface area contributed by atoms with Gasteiger partial charge in [0.25, 0.3) is 0 Å². The van der Waals surface area contributed by atoms with Gasteiger partial charge >= 0.3 is 0 Å². The number of hydrogen-bond acceptors (Lipinski definition) is 5. The van der Waals surface area contributed by atoms with Gasteiger partial charge in [0, 0.05) is 12.6 Å². The molecule has 2 heterocycles. The average Bonchev–Trinajstić information content (AvgIpc) is 2.39. The molecule has 1 aromatic rings. The number of rotatable bonds is 2. The molecule has 2 atom stereocenters. The molecule has 0 saturated carbocycles. The number of pyridine rings is 1. The summed E-state index contributed by atoms with van der Waals surface area (Å²) in [4.78, 5) is 6.42. The van der Waals surface area contributed by atoms with Gasteiger partial charge in [-0.05, 0) is 19.1 Å². The number of hydrogen-bond donors (Lipinski definition) is 1. The van der Waals surface area contributed by atoms with Gasteiger partial charge < -0.3 is 15.4 Å². The lowest BCUT2D eigenvalue weighted by Gasteiger charge is -2.31. The van der Waals surface area contributed by atoms with E-state index < -0.39 is 0 Å². The molecule has 1 aliphatic heterocycles. The Hall–Kier alpha value is -1.64. The van der Waals surface area contributed by atoms with Crippen LogP contribution < -0.4 is 10.6 Å². The second-order valence-electron chi connectivity index (χ2n) is 4.16. The molecular formula is C12H16N4O. The lowest BCUT2D eigenvalue weighted by molar-refractivity contribution is 0.0764. The molecule has 0 spiro atoms. The minimum absolute atomic E-state index is 0.0550. The summed E-state index contributed by atoms with van der Waals surface area (Å²) in [5.74, 6) is 0. The Morgan fingerprint density at radius 3 is 3.06 bits per heavy atom. The minimum Gasteiger partial charge on any atom is -0.364 e. The van der Waals surface area contributed by atoms with E-state index in [0.29, 0.717) is 13.2 Å². The molecule has 1 unspecified atom stereocenters. The van der Waals surface area contributed by atoms with Crippen LogP contribution in [0.15, 0.2) is 18.3 Å². The van der Waals surface area contributed by atoms with E-state index in [1.54, 1.807) is 6.20 Å². The Bertz CT molecular complexity index is 410. The van der Waals surface area contributed by atoms with Crippen molar-refractivity contribution in [3.8, 4) is 6.07 Å². The van der Waals surface area contributed by atoms with Gasteiger partial charge in [-0.25, -0.2) is 0 Å². The maximum atomic E-state index is 8.84. The number of nitriles is 1. The molecule has 0 amide bonds. The minimum atomic E-state index is -0.350. The lowest BCUT2D eigenvalue weighted by atomic mass is 10.2. The van der Waals surface area contributed by atoms with E-state index >= 15 is 0 Å². The van der Waals surface area contributed by atoms with E-state index in [-0.39, 0.29) is 12.1 Å². The molecule has 0 radical (unpaired) electrons. The second-order valence-corrected chi connectivity index (χ2v) is 4.16. The number of anilines is 1. The van der Waals surface area contributed by atoms with Gasteiger partial charge in [0.1, 0.15) is 0 Å². The fourth-order valence-electron chi connectivity index (χ4n) is 1.82. The summed E-state index contributed by atoms with van der Waals surface area (Å²) in [5.41, 5.74) is 7.63. The third-order valence-electron chi connectivity index (χ3n) is 2.81. The highest BCUT2D eigenvalue weighted by Crippen LogP contribution is 2.18. The van der Waals surface area contributed by atoms with Crippen LogP contribution in [0.3, 0.4) is 0 Å². The third kappa shape index (κ3) is 2.73. The Kier molecular flexibility index (Phi) is 3.57. The molecule has 1 aromatic heterocycles. The third-order valence-corrected chi connectivity index (χ3v) is 2.81. The van der Waals surface area contributed by atoms with E-state index in [4.69, 9.17) is 15.7 Å². The standard InChI is InChI=1S/C12H16N4O/c1-9(14)12-3-2-10(7-15-12)16-4-5-17-11(6-13)8-16/h2-3,7,9,11H,4-5,8,14H2,1H3/t9-,11?/m0/s1. The van der Waals surface area contributed by atoms with Gasteiger partial charge in [-0.15, -0.1) is 0 Å². The Labute approximate surface area is 101 Å². The van der Waals surface area contributed by atoms with Crippen LogP contribution in [0.4, 0.5) is 5.69 Å². The number of nitrogens with zero attached hydrogens (tertiary/aromatic N) is 3. The number of aromatic nitrogens is 1. The maximum absolute atomic E-state index is 8.84. The molecule has 0 bridgehead atoms. The van der Waals surface area contributed by atoms with Gasteiger partial charge in [0.2, 0.25) is 0 Å². The molecule has 5 nitrogen and oxygen atoms in total. The fraction of sp³-hybridized carbons (Fsp3) is 0.500. The first kappa shape index (κ1) is 11.8. The summed E-state index contributed by atoms with van der Waals surface area (Å²) < 4.78 is 5.30. The predicted octanol–water partition coefficient (Wildman–Crippen LogP) is 0.830. The van der Waals surface area contributed by atoms with Crippen molar-refractivity contribution in [3.05, 3.63) is 24.0 Å². The molecule has 1 fully saturated rings. The van der Waals surface area contributed by atoms with Crippen LogP contribution >= 0.6 is 0 Å². The van der Waals surface area contributed by atoms with E-state index in [2.05, 4.69) is 16.0 Å². The zero-order valence-corrected chi connectivity index (χ0v) is 9.84. The molecule has 90 valence electrons. The van der Waals surface area contributed by atoms with E-state index in [1.807, 2.05) is 19.1 Å². The van der Waals surface area contributed by atoms with Crippen molar-refractivity contribution in [1.29, 1.82) is 5.26 Å². The number of nitrogens with two attached hydrogens (primary N) is 1. The first-order valence-corrected chi connectivity index (χ1v) is 5.68. The monoisotopic (exact) mass is 232 g/mol. The topological polar surface area (TPSA) is 75.2 Å². The predicted molar refractivity (Wildman–Crippen MR) is 64.4 cm³/mol. The van der Waals surface area contributed by atoms with Crippen molar-refractivity contribution in [1.82, 2.24) is 4.98 Å². The average molecular weight is 232 g/mol. The van der Waals surface area contributed by atoms with Crippen molar-refractivity contribution in [2.45, 2.75) is 19.1 Å². The number of morpholine rings is 1. The normalized spacial score (nSPS) is 21.9. The summed E-state index contributed by atoms with van der Waals surface area (Å²) >= 11 is 0. The smallest absolute Gasteiger partial charge is 0.161 e. The van der Waals surface area contributed by atoms with Crippen LogP contribution in [0.1, 0.15) is 18.7 Å². The summed E-state index contributed by atoms with van der Waals surface area (Å²) in [6.07, 6.45) is 1.45. The second kappa shape index (κ2) is 5.13. The first-order valence-electron chi connectivity index (χ1n) is 5.68. The summed E-state index contributed by atoms with van der Waals surface area (Å²) in [5, 5.41) is 8.84. The van der Waals surface area contributed by atoms with Crippen LogP contribution in [0.25, 0.3) is 0 Å². The highest BCUT2D eigenvalue weighted by atomic mass is 16.5. The summed E-state index contributed by atoms with van der Waals surface area (Å²) in [6.45, 7) is 3.86. The molecule has 2 N–H and O–H groups in total. The molecule has 2 rings (SSSR count). The van der Waals surface area contributed by atoms with Crippen molar-refractivity contribution in [3.63, 3.8) is 0 Å². The highest BCUT2D eigenvalue weighted by molar-refractivity contribution is 5.45. The van der Waals surface area contributed by atoms with Crippen LogP contribution in [0.5, 0.6) is 0 Å². The molecule has 5 heteroatoms. The lowest BCUT2D eigenvalue weighted by Crippen LogP contribution is -2.41. The van der Waals surface area contributed by atoms with Crippen LogP contribution in [0.2, 0.25) is 0 Å². The summed E-state index contributed by atoms with van der Waals surface area (Å²) in [7, 11) is 0. The largest absolute Gasteiger partial charge is 0.364 e. The quantitative estimate of drug-likeness (QED) is 0.817. The number of ether oxygens (including phenoxy) is 1. The zero-order valence-electron chi connectivity index (χ0n) is 9.84. The van der Waals surface area contributed by atoms with Gasteiger partial charge in [-0.3, -0.25) is 4.98 Å². The molecule has 0 aliphatic carbocycles. The Balaban J connectivity index is 2.09. The van der Waals surface area contributed by atoms with Crippen LogP contribution in [0, 0.1) is 11.3 Å². The Morgan fingerprint density at radius 2 is 2.47 bits per heavy atom. The summed E-state index contributed by atoms with van der Waals surface area (Å²) in [6, 6.07) is 5.99. The van der Waals surface area contributed by atoms with Gasteiger partial charge in [-0.2, -0.15) is 5.26 Å². The van der Waals surface area contributed by atoms with Crippen molar-refractivity contribution < 1.29 is 4.74 Å². The van der Waals surface area contributed by atoms with E-state index in [0.717, 1.165) is 17.9 Å². The van der Waals surface area contributed by atoms with Gasteiger partial charge in [0.15, 0.2) is 6.10 Å². The van der Waals surface area contributed by atoms with Crippen LogP contribution in [-0.2, 0) is 4.74 Å². The fourth-order valence-corrected chi connectivity index (χ4v) is 1.82. The van der Waals surface area contributed by atoms with Crippen LogP contribution in [-0.4, -0.2) is 30.8 Å². The molecule has 1 saturated heterocycles. The van der Waals surface area contributed by atoms with Crippen molar-refractivity contribution >= 4 is 5.69 Å². The SMILES string of the molecule is C[C@H](N)c1ccc(N2CCOC(C#N)C2)cn1. The zero-order chi connectivity index (χ0) is 12.3. The van der Waals surface area contributed by atoms with Gasteiger partial charge in [-0.1, -0.05) is 0 Å². The molecule has 0 aromatic carbocycles. The van der Waals surface area contributed by atoms with Crippen molar-refractivity contribution in [2.24, 2.45) is 5.73 Å². The molecule has 17 heavy (non-hydrogen) atoms. The van der Waals surface area contributed by atoms with Gasteiger partial charge in [0.05, 0.1) is 36.8 Å². The molecular weight excluding hydrogens is 216 g/mol. The highest BCUT2D eigenvalue weighted by Gasteiger charge is 2.20.